The van der Waals surface area contributed by atoms with Crippen molar-refractivity contribution in [1.82, 2.24) is 4.90 Å². The molecule has 19 heavy (non-hydrogen) atoms. The molecule has 1 rings (SSSR count). The van der Waals surface area contributed by atoms with E-state index in [1.807, 2.05) is 46.8 Å². The molecule has 1 aliphatic rings. The number of hydrogen-bond donors (Lipinski definition) is 0. The summed E-state index contributed by atoms with van der Waals surface area (Å²) in [6, 6.07) is 0. The molecule has 0 saturated carbocycles. The molecule has 0 saturated heterocycles. The molecule has 0 amide bonds. The SMILES string of the molecule is C=CC1=C(/C(C=C)=C\C)C(=C)CN(C)C1.CC.CC. The van der Waals surface area contributed by atoms with Gasteiger partial charge in [0.1, 0.15) is 0 Å². The highest BCUT2D eigenvalue weighted by atomic mass is 15.1. The van der Waals surface area contributed by atoms with Crippen molar-refractivity contribution >= 4 is 0 Å². The summed E-state index contributed by atoms with van der Waals surface area (Å²) in [6.07, 6.45) is 5.88. The fraction of sp³-hybridized carbons (Fsp3) is 0.444. The van der Waals surface area contributed by atoms with Crippen molar-refractivity contribution < 1.29 is 0 Å². The Hall–Kier alpha value is -1.34. The summed E-state index contributed by atoms with van der Waals surface area (Å²) >= 11 is 0. The molecular weight excluding hydrogens is 230 g/mol. The Labute approximate surface area is 120 Å². The van der Waals surface area contributed by atoms with E-state index in [1.165, 1.54) is 11.1 Å². The molecule has 1 nitrogen and oxygen atoms in total. The first-order valence-electron chi connectivity index (χ1n) is 7.15. The Kier molecular flexibility index (Phi) is 12.3. The van der Waals surface area contributed by atoms with Crippen molar-refractivity contribution in [2.75, 3.05) is 20.1 Å². The van der Waals surface area contributed by atoms with Gasteiger partial charge in [0.2, 0.25) is 0 Å². The molecule has 1 aliphatic heterocycles. The van der Waals surface area contributed by atoms with E-state index < -0.39 is 0 Å². The van der Waals surface area contributed by atoms with Crippen LogP contribution in [0.25, 0.3) is 0 Å². The molecule has 0 bridgehead atoms. The standard InChI is InChI=1S/C14H19N.2C2H6/c1-6-12(7-2)14-11(4)9-15(5)10-13(14)8-3;2*1-2/h6-8H,1,3-4,9-10H2,2,5H3;2*1-2H3/b12-7-;;. The molecule has 0 aromatic carbocycles. The van der Waals surface area contributed by atoms with Gasteiger partial charge in [-0.15, -0.1) is 0 Å². The van der Waals surface area contributed by atoms with Crippen molar-refractivity contribution in [1.29, 1.82) is 0 Å². The average molecular weight is 261 g/mol. The van der Waals surface area contributed by atoms with Crippen LogP contribution >= 0.6 is 0 Å². The topological polar surface area (TPSA) is 3.24 Å². The molecule has 0 radical (unpaired) electrons. The Balaban J connectivity index is 0. The number of allylic oxidation sites excluding steroid dienone is 3. The maximum Gasteiger partial charge on any atom is 0.0240 e. The molecule has 0 spiro atoms. The first-order chi connectivity index (χ1) is 9.13. The third-order valence-electron chi connectivity index (χ3n) is 2.64. The Bertz CT molecular complexity index is 356. The maximum absolute atomic E-state index is 4.13. The van der Waals surface area contributed by atoms with Gasteiger partial charge < -0.3 is 0 Å². The molecule has 1 heteroatoms. The quantitative estimate of drug-likeness (QED) is 0.635. The number of hydrogen-bond acceptors (Lipinski definition) is 1. The molecule has 0 unspecified atom stereocenters. The summed E-state index contributed by atoms with van der Waals surface area (Å²) in [5, 5.41) is 0. The van der Waals surface area contributed by atoms with Gasteiger partial charge in [0, 0.05) is 13.1 Å². The zero-order chi connectivity index (χ0) is 15.4. The monoisotopic (exact) mass is 261 g/mol. The lowest BCUT2D eigenvalue weighted by Crippen LogP contribution is -2.29. The minimum Gasteiger partial charge on any atom is -0.298 e. The second kappa shape index (κ2) is 11.7. The van der Waals surface area contributed by atoms with E-state index in [-0.39, 0.29) is 0 Å². The van der Waals surface area contributed by atoms with Crippen LogP contribution in [0.2, 0.25) is 0 Å². The molecular formula is C18H31N. The lowest BCUT2D eigenvalue weighted by Gasteiger charge is -2.29. The minimum atomic E-state index is 0.915. The van der Waals surface area contributed by atoms with E-state index >= 15 is 0 Å². The van der Waals surface area contributed by atoms with Gasteiger partial charge in [-0.1, -0.05) is 65.7 Å². The van der Waals surface area contributed by atoms with E-state index in [0.717, 1.165) is 24.2 Å². The van der Waals surface area contributed by atoms with Gasteiger partial charge in [-0.3, -0.25) is 4.90 Å². The van der Waals surface area contributed by atoms with Gasteiger partial charge >= 0.3 is 0 Å². The second-order valence-corrected chi connectivity index (χ2v) is 3.83. The lowest BCUT2D eigenvalue weighted by molar-refractivity contribution is 0.387. The van der Waals surface area contributed by atoms with Crippen LogP contribution in [0.4, 0.5) is 0 Å². The molecule has 0 atom stereocenters. The highest BCUT2D eigenvalue weighted by molar-refractivity contribution is 5.57. The van der Waals surface area contributed by atoms with Gasteiger partial charge in [0.15, 0.2) is 0 Å². The minimum absolute atomic E-state index is 0.915. The summed E-state index contributed by atoms with van der Waals surface area (Å²) in [7, 11) is 2.09. The number of nitrogens with zero attached hydrogens (tertiary/aromatic N) is 1. The normalized spacial score (nSPS) is 15.9. The molecule has 0 aromatic heterocycles. The van der Waals surface area contributed by atoms with E-state index in [2.05, 4.69) is 37.8 Å². The molecule has 108 valence electrons. The van der Waals surface area contributed by atoms with Gasteiger partial charge in [-0.05, 0) is 36.3 Å². The molecule has 0 aromatic rings. The highest BCUT2D eigenvalue weighted by Crippen LogP contribution is 2.28. The molecule has 0 fully saturated rings. The first kappa shape index (κ1) is 20.0. The van der Waals surface area contributed by atoms with E-state index in [0.29, 0.717) is 0 Å². The van der Waals surface area contributed by atoms with Gasteiger partial charge in [-0.25, -0.2) is 0 Å². The van der Waals surface area contributed by atoms with Crippen LogP contribution in [-0.4, -0.2) is 25.0 Å². The number of rotatable bonds is 3. The van der Waals surface area contributed by atoms with Crippen molar-refractivity contribution in [3.8, 4) is 0 Å². The van der Waals surface area contributed by atoms with Crippen LogP contribution in [0.5, 0.6) is 0 Å². The van der Waals surface area contributed by atoms with Crippen LogP contribution in [-0.2, 0) is 0 Å². The summed E-state index contributed by atoms with van der Waals surface area (Å²) in [4.78, 5) is 2.24. The average Bonchev–Trinajstić information content (AvgIpc) is 2.46. The maximum atomic E-state index is 4.13. The fourth-order valence-corrected chi connectivity index (χ4v) is 1.98. The Morgan fingerprint density at radius 1 is 1.11 bits per heavy atom. The fourth-order valence-electron chi connectivity index (χ4n) is 1.98. The second-order valence-electron chi connectivity index (χ2n) is 3.83. The zero-order valence-corrected chi connectivity index (χ0v) is 13.7. The van der Waals surface area contributed by atoms with Gasteiger partial charge in [0.05, 0.1) is 0 Å². The highest BCUT2D eigenvalue weighted by Gasteiger charge is 2.18. The van der Waals surface area contributed by atoms with Gasteiger partial charge in [-0.2, -0.15) is 0 Å². The Morgan fingerprint density at radius 3 is 2.00 bits per heavy atom. The molecule has 0 aliphatic carbocycles. The smallest absolute Gasteiger partial charge is 0.0240 e. The summed E-state index contributed by atoms with van der Waals surface area (Å²) in [6.45, 7) is 23.7. The molecule has 1 heterocycles. The summed E-state index contributed by atoms with van der Waals surface area (Å²) < 4.78 is 0. The zero-order valence-electron chi connectivity index (χ0n) is 13.7. The predicted molar refractivity (Wildman–Crippen MR) is 90.5 cm³/mol. The van der Waals surface area contributed by atoms with Crippen molar-refractivity contribution in [2.45, 2.75) is 34.6 Å². The van der Waals surface area contributed by atoms with Crippen LogP contribution in [0.15, 0.2) is 60.3 Å². The van der Waals surface area contributed by atoms with Crippen molar-refractivity contribution in [3.63, 3.8) is 0 Å². The van der Waals surface area contributed by atoms with Crippen LogP contribution in [0.3, 0.4) is 0 Å². The van der Waals surface area contributed by atoms with E-state index in [4.69, 9.17) is 0 Å². The first-order valence-corrected chi connectivity index (χ1v) is 7.15. The summed E-state index contributed by atoms with van der Waals surface area (Å²) in [5.74, 6) is 0. The van der Waals surface area contributed by atoms with Crippen molar-refractivity contribution in [3.05, 3.63) is 60.3 Å². The van der Waals surface area contributed by atoms with Crippen molar-refractivity contribution in [2.24, 2.45) is 0 Å². The van der Waals surface area contributed by atoms with E-state index in [1.54, 1.807) is 0 Å². The van der Waals surface area contributed by atoms with Crippen LogP contribution < -0.4 is 0 Å². The Morgan fingerprint density at radius 2 is 1.63 bits per heavy atom. The predicted octanol–water partition coefficient (Wildman–Crippen LogP) is 5.16. The largest absolute Gasteiger partial charge is 0.298 e. The van der Waals surface area contributed by atoms with Crippen LogP contribution in [0.1, 0.15) is 34.6 Å². The van der Waals surface area contributed by atoms with E-state index in [9.17, 15) is 0 Å². The third kappa shape index (κ3) is 5.89. The summed E-state index contributed by atoms with van der Waals surface area (Å²) in [5.41, 5.74) is 4.76. The van der Waals surface area contributed by atoms with Crippen LogP contribution in [0, 0.1) is 0 Å². The molecule has 0 N–H and O–H groups in total. The lowest BCUT2D eigenvalue weighted by atomic mass is 9.90. The van der Waals surface area contributed by atoms with Gasteiger partial charge in [0.25, 0.3) is 0 Å². The third-order valence-corrected chi connectivity index (χ3v) is 2.64. The number of likely N-dealkylation sites (N-methyl/N-ethyl adjacent to an activating group) is 1.